The molecule has 0 unspecified atom stereocenters. The first kappa shape index (κ1) is 21.0. The number of amides is 1. The zero-order valence-corrected chi connectivity index (χ0v) is 17.5. The van der Waals surface area contributed by atoms with Crippen molar-refractivity contribution in [3.05, 3.63) is 58.3 Å². The maximum Gasteiger partial charge on any atom is 0.352 e. The topological polar surface area (TPSA) is 88.5 Å². The summed E-state index contributed by atoms with van der Waals surface area (Å²) in [5, 5.41) is 11.9. The van der Waals surface area contributed by atoms with Gasteiger partial charge in [0, 0.05) is 12.6 Å². The van der Waals surface area contributed by atoms with Crippen molar-refractivity contribution in [3.63, 3.8) is 0 Å². The van der Waals surface area contributed by atoms with Gasteiger partial charge in [0.1, 0.15) is 11.4 Å². The largest absolute Gasteiger partial charge is 0.477 e. The van der Waals surface area contributed by atoms with Gasteiger partial charge < -0.3 is 15.2 Å². The minimum absolute atomic E-state index is 0.137. The van der Waals surface area contributed by atoms with Crippen LogP contribution in [0.3, 0.4) is 0 Å². The number of hydrogen-bond acceptors (Lipinski definition) is 4. The number of rotatable bonds is 8. The third kappa shape index (κ3) is 6.42. The highest BCUT2D eigenvalue weighted by atomic mass is 79.9. The van der Waals surface area contributed by atoms with Crippen LogP contribution in [-0.2, 0) is 9.59 Å². The van der Waals surface area contributed by atoms with Crippen molar-refractivity contribution >= 4 is 33.9 Å². The Morgan fingerprint density at radius 3 is 2.59 bits per heavy atom. The van der Waals surface area contributed by atoms with Gasteiger partial charge in [-0.15, -0.1) is 0 Å². The van der Waals surface area contributed by atoms with E-state index in [2.05, 4.69) is 26.2 Å². The lowest BCUT2D eigenvalue weighted by atomic mass is 10.0. The predicted molar refractivity (Wildman–Crippen MR) is 113 cm³/mol. The fourth-order valence-corrected chi connectivity index (χ4v) is 3.69. The van der Waals surface area contributed by atoms with Crippen molar-refractivity contribution < 1.29 is 19.4 Å². The molecule has 1 saturated carbocycles. The van der Waals surface area contributed by atoms with E-state index in [-0.39, 0.29) is 11.6 Å². The van der Waals surface area contributed by atoms with Crippen LogP contribution in [0.15, 0.2) is 52.8 Å². The highest BCUT2D eigenvalue weighted by molar-refractivity contribution is 9.10. The van der Waals surface area contributed by atoms with Gasteiger partial charge in [0.2, 0.25) is 11.8 Å². The Balaban J connectivity index is 1.61. The fourth-order valence-electron chi connectivity index (χ4n) is 3.35. The molecule has 0 atom stereocenters. The molecule has 0 bridgehead atoms. The summed E-state index contributed by atoms with van der Waals surface area (Å²) >= 11 is 3.37. The summed E-state index contributed by atoms with van der Waals surface area (Å²) in [5.41, 5.74) is 0.508. The van der Waals surface area contributed by atoms with E-state index in [4.69, 9.17) is 4.74 Å². The van der Waals surface area contributed by atoms with E-state index in [9.17, 15) is 14.7 Å². The van der Waals surface area contributed by atoms with Crippen LogP contribution in [0.1, 0.15) is 44.1 Å². The number of aliphatic carboxylic acids is 1. The number of halogens is 1. The number of nitrogens with one attached hydrogen (secondary N) is 1. The summed E-state index contributed by atoms with van der Waals surface area (Å²) in [6.45, 7) is 0. The molecule has 3 rings (SSSR count). The maximum atomic E-state index is 12.1. The monoisotopic (exact) mass is 458 g/mol. The van der Waals surface area contributed by atoms with Crippen molar-refractivity contribution in [2.75, 3.05) is 0 Å². The molecule has 0 spiro atoms. The number of nitrogens with zero attached hydrogens (tertiary/aromatic N) is 1. The molecular weight excluding hydrogens is 436 g/mol. The second-order valence-electron chi connectivity index (χ2n) is 7.06. The number of carboxylic acids is 1. The molecule has 1 amide bonds. The summed E-state index contributed by atoms with van der Waals surface area (Å²) in [6, 6.07) is 10.5. The molecule has 7 heteroatoms. The highest BCUT2D eigenvalue weighted by Crippen LogP contribution is 2.29. The van der Waals surface area contributed by atoms with Crippen LogP contribution in [0.25, 0.3) is 6.08 Å². The predicted octanol–water partition coefficient (Wildman–Crippen LogP) is 5.15. The Hall–Kier alpha value is -2.67. The molecule has 0 aliphatic heterocycles. The summed E-state index contributed by atoms with van der Waals surface area (Å²) in [7, 11) is 0. The van der Waals surface area contributed by atoms with Crippen LogP contribution in [0, 0.1) is 5.92 Å². The normalized spacial score (nSPS) is 14.6. The van der Waals surface area contributed by atoms with Gasteiger partial charge in [-0.3, -0.25) is 4.79 Å². The van der Waals surface area contributed by atoms with Crippen molar-refractivity contribution in [1.82, 2.24) is 10.3 Å². The van der Waals surface area contributed by atoms with Crippen LogP contribution < -0.4 is 10.1 Å². The van der Waals surface area contributed by atoms with Crippen LogP contribution in [-0.4, -0.2) is 22.0 Å². The van der Waals surface area contributed by atoms with E-state index in [1.54, 1.807) is 36.5 Å². The summed E-state index contributed by atoms with van der Waals surface area (Å²) in [4.78, 5) is 27.8. The molecule has 6 nitrogen and oxygen atoms in total. The van der Waals surface area contributed by atoms with Gasteiger partial charge in [-0.05, 0) is 64.2 Å². The highest BCUT2D eigenvalue weighted by Gasteiger charge is 2.17. The van der Waals surface area contributed by atoms with Crippen LogP contribution in [0.5, 0.6) is 11.6 Å². The summed E-state index contributed by atoms with van der Waals surface area (Å²) in [5.74, 6) is 0.169. The Labute approximate surface area is 178 Å². The number of carbonyl (C=O) groups is 2. The molecule has 1 aromatic carbocycles. The lowest BCUT2D eigenvalue weighted by Gasteiger charge is -2.10. The molecule has 1 aromatic heterocycles. The Bertz CT molecular complexity index is 890. The van der Waals surface area contributed by atoms with Crippen LogP contribution >= 0.6 is 15.9 Å². The third-order valence-electron chi connectivity index (χ3n) is 4.89. The lowest BCUT2D eigenvalue weighted by Crippen LogP contribution is -2.27. The second-order valence-corrected chi connectivity index (χ2v) is 7.92. The van der Waals surface area contributed by atoms with Gasteiger partial charge in [0.05, 0.1) is 4.47 Å². The second kappa shape index (κ2) is 10.2. The van der Waals surface area contributed by atoms with E-state index in [0.717, 1.165) is 10.9 Å². The molecule has 0 radical (unpaired) electrons. The van der Waals surface area contributed by atoms with E-state index in [0.29, 0.717) is 29.5 Å². The van der Waals surface area contributed by atoms with E-state index < -0.39 is 5.97 Å². The van der Waals surface area contributed by atoms with Gasteiger partial charge in [-0.25, -0.2) is 9.78 Å². The first-order valence-electron chi connectivity index (χ1n) is 9.64. The number of ether oxygens (including phenoxy) is 1. The molecule has 1 fully saturated rings. The summed E-state index contributed by atoms with van der Waals surface area (Å²) in [6.07, 6.45) is 9.01. The molecule has 2 aromatic rings. The van der Waals surface area contributed by atoms with Crippen molar-refractivity contribution in [2.45, 2.75) is 38.5 Å². The first-order chi connectivity index (χ1) is 14.0. The minimum atomic E-state index is -1.17. The van der Waals surface area contributed by atoms with Crippen molar-refractivity contribution in [1.29, 1.82) is 0 Å². The van der Waals surface area contributed by atoms with Gasteiger partial charge in [-0.2, -0.15) is 0 Å². The summed E-state index contributed by atoms with van der Waals surface area (Å²) < 4.78 is 6.43. The molecule has 29 heavy (non-hydrogen) atoms. The average molecular weight is 459 g/mol. The van der Waals surface area contributed by atoms with E-state index in [1.807, 2.05) is 6.07 Å². The fraction of sp³-hybridized carbons (Fsp3) is 0.318. The minimum Gasteiger partial charge on any atom is -0.477 e. The Morgan fingerprint density at radius 1 is 1.21 bits per heavy atom. The number of pyridine rings is 1. The molecular formula is C22H23BrN2O4. The molecule has 2 N–H and O–H groups in total. The van der Waals surface area contributed by atoms with Crippen molar-refractivity contribution in [2.24, 2.45) is 5.92 Å². The number of benzene rings is 1. The van der Waals surface area contributed by atoms with Gasteiger partial charge >= 0.3 is 5.97 Å². The van der Waals surface area contributed by atoms with Crippen LogP contribution in [0.2, 0.25) is 0 Å². The molecule has 1 aliphatic rings. The first-order valence-corrected chi connectivity index (χ1v) is 10.4. The molecule has 1 aliphatic carbocycles. The number of carboxylic acid groups (broad SMARTS) is 1. The zero-order chi connectivity index (χ0) is 20.6. The number of aromatic nitrogens is 1. The van der Waals surface area contributed by atoms with Crippen LogP contribution in [0.4, 0.5) is 0 Å². The molecule has 152 valence electrons. The van der Waals surface area contributed by atoms with E-state index in [1.165, 1.54) is 31.8 Å². The molecule has 0 saturated heterocycles. The smallest absolute Gasteiger partial charge is 0.352 e. The standard InChI is InChI=1S/C22H23BrN2O4/c23-18-6-3-13-24-21(18)29-17-10-7-16(8-11-17)14-19(22(27)28)25-20(26)12-9-15-4-1-2-5-15/h3,6-8,10-11,13-15H,1-2,4-5,9,12H2,(H,25,26)(H,27,28)/b19-14+. The van der Waals surface area contributed by atoms with Gasteiger partial charge in [0.25, 0.3) is 0 Å². The Morgan fingerprint density at radius 2 is 1.93 bits per heavy atom. The SMILES string of the molecule is O=C(CCC1CCCC1)N/C(=C/c1ccc(Oc2ncccc2Br)cc1)C(=O)O. The van der Waals surface area contributed by atoms with Crippen molar-refractivity contribution in [3.8, 4) is 11.6 Å². The maximum absolute atomic E-state index is 12.1. The average Bonchev–Trinajstić information content (AvgIpc) is 3.23. The Kier molecular flexibility index (Phi) is 7.41. The number of hydrogen-bond donors (Lipinski definition) is 2. The number of carbonyl (C=O) groups excluding carboxylic acids is 1. The van der Waals surface area contributed by atoms with Gasteiger partial charge in [-0.1, -0.05) is 37.8 Å². The zero-order valence-electron chi connectivity index (χ0n) is 15.9. The third-order valence-corrected chi connectivity index (χ3v) is 5.49. The quantitative estimate of drug-likeness (QED) is 0.534. The van der Waals surface area contributed by atoms with Gasteiger partial charge in [0.15, 0.2) is 0 Å². The van der Waals surface area contributed by atoms with E-state index >= 15 is 0 Å². The lowest BCUT2D eigenvalue weighted by molar-refractivity contribution is -0.134. The molecule has 1 heterocycles.